The number of nitrogens with one attached hydrogen (secondary N) is 1. The summed E-state index contributed by atoms with van der Waals surface area (Å²) in [6, 6.07) is 0. The zero-order valence-corrected chi connectivity index (χ0v) is 8.66. The second-order valence-corrected chi connectivity index (χ2v) is 3.05. The van der Waals surface area contributed by atoms with Gasteiger partial charge < -0.3 is 4.98 Å². The van der Waals surface area contributed by atoms with Crippen LogP contribution in [0.3, 0.4) is 0 Å². The van der Waals surface area contributed by atoms with Crippen LogP contribution in [0.2, 0.25) is 0 Å². The highest BCUT2D eigenvalue weighted by Crippen LogP contribution is 1.98. The van der Waals surface area contributed by atoms with Gasteiger partial charge in [-0.3, -0.25) is 4.79 Å². The summed E-state index contributed by atoms with van der Waals surface area (Å²) in [6.07, 6.45) is 7.41. The van der Waals surface area contributed by atoms with E-state index in [0.29, 0.717) is 11.4 Å². The van der Waals surface area contributed by atoms with Gasteiger partial charge in [0.1, 0.15) is 5.82 Å². The van der Waals surface area contributed by atoms with Gasteiger partial charge in [0.2, 0.25) is 0 Å². The van der Waals surface area contributed by atoms with Crippen molar-refractivity contribution >= 4 is 6.08 Å². The Kier molecular flexibility index (Phi) is 3.40. The quantitative estimate of drug-likeness (QED) is 0.725. The van der Waals surface area contributed by atoms with Crippen LogP contribution in [0.1, 0.15) is 24.0 Å². The Hall–Kier alpha value is -1.64. The van der Waals surface area contributed by atoms with Crippen LogP contribution in [-0.4, -0.2) is 9.97 Å². The largest absolute Gasteiger partial charge is 0.307 e. The molecule has 0 unspecified atom stereocenters. The monoisotopic (exact) mass is 190 g/mol. The van der Waals surface area contributed by atoms with Gasteiger partial charge in [-0.15, -0.1) is 0 Å². The molecule has 1 aromatic rings. The first-order chi connectivity index (χ1) is 6.65. The predicted octanol–water partition coefficient (Wildman–Crippen LogP) is 1.98. The summed E-state index contributed by atoms with van der Waals surface area (Å²) in [6.45, 7) is 5.53. The maximum Gasteiger partial charge on any atom is 0.254 e. The number of rotatable bonds is 2. The first-order valence-electron chi connectivity index (χ1n) is 4.52. The van der Waals surface area contributed by atoms with Gasteiger partial charge in [-0.2, -0.15) is 0 Å². The fraction of sp³-hybridized carbons (Fsp3) is 0.273. The molecule has 0 amide bonds. The van der Waals surface area contributed by atoms with Crippen molar-refractivity contribution in [2.45, 2.75) is 20.8 Å². The van der Waals surface area contributed by atoms with Crippen LogP contribution >= 0.6 is 0 Å². The van der Waals surface area contributed by atoms with Crippen LogP contribution in [0.4, 0.5) is 0 Å². The summed E-state index contributed by atoms with van der Waals surface area (Å²) in [5.74, 6) is 0.594. The summed E-state index contributed by atoms with van der Waals surface area (Å²) in [5.41, 5.74) is 1.37. The van der Waals surface area contributed by atoms with E-state index < -0.39 is 0 Å². The Bertz CT molecular complexity index is 427. The lowest BCUT2D eigenvalue weighted by atomic mass is 10.2. The van der Waals surface area contributed by atoms with Gasteiger partial charge in [0.25, 0.3) is 5.56 Å². The lowest BCUT2D eigenvalue weighted by molar-refractivity contribution is 1.00. The minimum Gasteiger partial charge on any atom is -0.307 e. The Balaban J connectivity index is 3.07. The fourth-order valence-corrected chi connectivity index (χ4v) is 1.00. The molecule has 3 nitrogen and oxygen atoms in total. The van der Waals surface area contributed by atoms with E-state index in [2.05, 4.69) is 9.97 Å². The van der Waals surface area contributed by atoms with Crippen molar-refractivity contribution in [1.29, 1.82) is 0 Å². The van der Waals surface area contributed by atoms with Gasteiger partial charge in [0.15, 0.2) is 0 Å². The van der Waals surface area contributed by atoms with Crippen molar-refractivity contribution in [3.05, 3.63) is 45.7 Å². The Morgan fingerprint density at radius 3 is 2.57 bits per heavy atom. The molecular weight excluding hydrogens is 176 g/mol. The molecule has 0 saturated heterocycles. The molecule has 0 spiro atoms. The maximum absolute atomic E-state index is 11.3. The Labute approximate surface area is 83.2 Å². The Morgan fingerprint density at radius 2 is 2.00 bits per heavy atom. The second-order valence-electron chi connectivity index (χ2n) is 3.05. The number of hydrogen-bond acceptors (Lipinski definition) is 2. The lowest BCUT2D eigenvalue weighted by Gasteiger charge is -1.98. The van der Waals surface area contributed by atoms with Crippen LogP contribution in [0.5, 0.6) is 0 Å². The molecule has 0 atom stereocenters. The van der Waals surface area contributed by atoms with Crippen LogP contribution < -0.4 is 5.56 Å². The van der Waals surface area contributed by atoms with Crippen molar-refractivity contribution in [2.75, 3.05) is 0 Å². The molecule has 74 valence electrons. The standard InChI is InChI=1S/C11H14N2O/c1-4-5-6-7-10-12-9(3)8(2)11(14)13-10/h4-7H,1-3H3,(H,12,13,14)/b5-4-,7-6-. The van der Waals surface area contributed by atoms with E-state index in [1.807, 2.05) is 32.1 Å². The van der Waals surface area contributed by atoms with Crippen LogP contribution in [0.15, 0.2) is 23.0 Å². The van der Waals surface area contributed by atoms with E-state index in [1.54, 1.807) is 13.0 Å². The molecule has 1 aromatic heterocycles. The molecule has 0 fully saturated rings. The summed E-state index contributed by atoms with van der Waals surface area (Å²) in [7, 11) is 0. The SMILES string of the molecule is C/C=C\C=C/c1nc(C)c(C)c(=O)[nH]1. The highest BCUT2D eigenvalue weighted by molar-refractivity contribution is 5.43. The molecule has 0 radical (unpaired) electrons. The molecule has 1 rings (SSSR count). The molecule has 1 N–H and O–H groups in total. The third-order valence-corrected chi connectivity index (χ3v) is 1.97. The van der Waals surface area contributed by atoms with E-state index in [-0.39, 0.29) is 5.56 Å². The van der Waals surface area contributed by atoms with Crippen molar-refractivity contribution in [2.24, 2.45) is 0 Å². The minimum atomic E-state index is -0.0716. The molecule has 14 heavy (non-hydrogen) atoms. The first-order valence-corrected chi connectivity index (χ1v) is 4.52. The highest BCUT2D eigenvalue weighted by atomic mass is 16.1. The third-order valence-electron chi connectivity index (χ3n) is 1.97. The summed E-state index contributed by atoms with van der Waals surface area (Å²) in [5, 5.41) is 0. The number of aromatic nitrogens is 2. The van der Waals surface area contributed by atoms with Gasteiger partial charge in [-0.25, -0.2) is 4.98 Å². The zero-order chi connectivity index (χ0) is 10.6. The molecular formula is C11H14N2O. The minimum absolute atomic E-state index is 0.0716. The van der Waals surface area contributed by atoms with Crippen LogP contribution in [0, 0.1) is 13.8 Å². The van der Waals surface area contributed by atoms with Gasteiger partial charge >= 0.3 is 0 Å². The number of hydrogen-bond donors (Lipinski definition) is 1. The van der Waals surface area contributed by atoms with E-state index in [9.17, 15) is 4.79 Å². The maximum atomic E-state index is 11.3. The summed E-state index contributed by atoms with van der Waals surface area (Å²) >= 11 is 0. The molecule has 0 bridgehead atoms. The smallest absolute Gasteiger partial charge is 0.254 e. The molecule has 3 heteroatoms. The van der Waals surface area contributed by atoms with Crippen molar-refractivity contribution in [3.63, 3.8) is 0 Å². The predicted molar refractivity (Wildman–Crippen MR) is 58.2 cm³/mol. The average Bonchev–Trinajstić information content (AvgIpc) is 2.14. The lowest BCUT2D eigenvalue weighted by Crippen LogP contribution is -2.14. The number of nitrogens with zero attached hydrogens (tertiary/aromatic N) is 1. The molecule has 0 aliphatic heterocycles. The molecule has 0 aliphatic rings. The van der Waals surface area contributed by atoms with Crippen molar-refractivity contribution in [1.82, 2.24) is 9.97 Å². The highest BCUT2D eigenvalue weighted by Gasteiger charge is 1.99. The van der Waals surface area contributed by atoms with Gasteiger partial charge in [0, 0.05) is 11.3 Å². The second kappa shape index (κ2) is 4.56. The van der Waals surface area contributed by atoms with Crippen LogP contribution in [-0.2, 0) is 0 Å². The van der Waals surface area contributed by atoms with Gasteiger partial charge in [-0.05, 0) is 26.8 Å². The molecule has 0 aliphatic carbocycles. The molecule has 0 saturated carbocycles. The van der Waals surface area contributed by atoms with Crippen molar-refractivity contribution in [3.8, 4) is 0 Å². The number of allylic oxidation sites excluding steroid dienone is 3. The zero-order valence-electron chi connectivity index (χ0n) is 8.66. The first kappa shape index (κ1) is 10.4. The average molecular weight is 190 g/mol. The molecule has 1 heterocycles. The third kappa shape index (κ3) is 2.42. The summed E-state index contributed by atoms with van der Waals surface area (Å²) < 4.78 is 0. The topological polar surface area (TPSA) is 45.8 Å². The van der Waals surface area contributed by atoms with E-state index in [4.69, 9.17) is 0 Å². The number of aryl methyl sites for hydroxylation is 1. The number of H-pyrrole nitrogens is 1. The normalized spacial score (nSPS) is 11.6. The van der Waals surface area contributed by atoms with E-state index >= 15 is 0 Å². The van der Waals surface area contributed by atoms with Gasteiger partial charge in [0.05, 0.1) is 0 Å². The van der Waals surface area contributed by atoms with Gasteiger partial charge in [-0.1, -0.05) is 18.2 Å². The fourth-order valence-electron chi connectivity index (χ4n) is 1.00. The van der Waals surface area contributed by atoms with Crippen LogP contribution in [0.25, 0.3) is 6.08 Å². The summed E-state index contributed by atoms with van der Waals surface area (Å²) in [4.78, 5) is 18.3. The van der Waals surface area contributed by atoms with E-state index in [1.165, 1.54) is 0 Å². The number of aromatic amines is 1. The Morgan fingerprint density at radius 1 is 1.29 bits per heavy atom. The van der Waals surface area contributed by atoms with Crippen molar-refractivity contribution < 1.29 is 0 Å². The molecule has 0 aromatic carbocycles. The van der Waals surface area contributed by atoms with E-state index in [0.717, 1.165) is 5.69 Å².